The van der Waals surface area contributed by atoms with Gasteiger partial charge in [0.05, 0.1) is 23.3 Å². The maximum Gasteiger partial charge on any atom is 0.143 e. The van der Waals surface area contributed by atoms with Gasteiger partial charge in [-0.2, -0.15) is 10.5 Å². The first-order valence-electron chi connectivity index (χ1n) is 13.6. The van der Waals surface area contributed by atoms with Crippen LogP contribution < -0.4 is 0 Å². The zero-order chi connectivity index (χ0) is 28.2. The van der Waals surface area contributed by atoms with E-state index in [4.69, 9.17) is 4.42 Å². The molecule has 6 aromatic carbocycles. The van der Waals surface area contributed by atoms with Crippen molar-refractivity contribution in [2.45, 2.75) is 0 Å². The Balaban J connectivity index is 1.40. The molecular formula is C38H20N2OS. The van der Waals surface area contributed by atoms with Crippen molar-refractivity contribution in [2.75, 3.05) is 0 Å². The molecule has 3 nitrogen and oxygen atoms in total. The molecule has 0 N–H and O–H groups in total. The number of benzene rings is 6. The number of rotatable bonds is 3. The normalized spacial score (nSPS) is 11.3. The number of para-hydroxylation sites is 2. The van der Waals surface area contributed by atoms with Crippen LogP contribution in [-0.2, 0) is 0 Å². The molecule has 8 aromatic rings. The molecular weight excluding hydrogens is 532 g/mol. The van der Waals surface area contributed by atoms with E-state index in [9.17, 15) is 10.5 Å². The largest absolute Gasteiger partial charge is 0.455 e. The summed E-state index contributed by atoms with van der Waals surface area (Å²) in [6, 6.07) is 45.8. The number of hydrogen-bond acceptors (Lipinski definition) is 4. The van der Waals surface area contributed by atoms with Crippen molar-refractivity contribution in [3.05, 3.63) is 132 Å². The van der Waals surface area contributed by atoms with Crippen LogP contribution in [0.2, 0.25) is 0 Å². The van der Waals surface area contributed by atoms with E-state index < -0.39 is 0 Å². The molecule has 4 heteroatoms. The minimum atomic E-state index is 0.460. The molecule has 42 heavy (non-hydrogen) atoms. The number of nitriles is 2. The van der Waals surface area contributed by atoms with Crippen molar-refractivity contribution in [2.24, 2.45) is 0 Å². The van der Waals surface area contributed by atoms with Gasteiger partial charge in [-0.3, -0.25) is 0 Å². The lowest BCUT2D eigenvalue weighted by molar-refractivity contribution is 0.670. The smallest absolute Gasteiger partial charge is 0.143 e. The topological polar surface area (TPSA) is 60.7 Å². The summed E-state index contributed by atoms with van der Waals surface area (Å²) in [6.45, 7) is 0. The Kier molecular flexibility index (Phi) is 5.44. The molecule has 0 amide bonds. The highest BCUT2D eigenvalue weighted by molar-refractivity contribution is 7.25. The van der Waals surface area contributed by atoms with Gasteiger partial charge in [0.1, 0.15) is 11.2 Å². The zero-order valence-corrected chi connectivity index (χ0v) is 23.1. The Labute approximate surface area is 245 Å². The van der Waals surface area contributed by atoms with E-state index in [0.29, 0.717) is 11.1 Å². The standard InChI is InChI=1S/C38H20N2OS/c39-21-23-14-24(22-40)16-26(15-23)28-17-27(25-12-13-37-34(20-25)32-7-2-4-11-36(32)42-37)18-29(19-28)30-8-5-9-33-31-6-1-3-10-35(31)41-38(30)33/h1-20H. The van der Waals surface area contributed by atoms with E-state index in [1.165, 1.54) is 20.2 Å². The summed E-state index contributed by atoms with van der Waals surface area (Å²) < 4.78 is 8.94. The summed E-state index contributed by atoms with van der Waals surface area (Å²) in [4.78, 5) is 0. The fourth-order valence-corrected chi connectivity index (χ4v) is 7.01. The van der Waals surface area contributed by atoms with Crippen LogP contribution in [0.4, 0.5) is 0 Å². The summed E-state index contributed by atoms with van der Waals surface area (Å²) in [6.07, 6.45) is 0. The first-order valence-corrected chi connectivity index (χ1v) is 14.4. The van der Waals surface area contributed by atoms with Crippen molar-refractivity contribution in [3.8, 4) is 45.5 Å². The van der Waals surface area contributed by atoms with Crippen LogP contribution in [0.3, 0.4) is 0 Å². The number of hydrogen-bond donors (Lipinski definition) is 0. The second-order valence-corrected chi connectivity index (χ2v) is 11.5. The molecule has 0 unspecified atom stereocenters. The maximum absolute atomic E-state index is 9.68. The van der Waals surface area contributed by atoms with Gasteiger partial charge in [0.2, 0.25) is 0 Å². The molecule has 2 aromatic heterocycles. The summed E-state index contributed by atoms with van der Waals surface area (Å²) >= 11 is 1.80. The van der Waals surface area contributed by atoms with Gasteiger partial charge >= 0.3 is 0 Å². The van der Waals surface area contributed by atoms with Crippen LogP contribution in [0.25, 0.3) is 75.5 Å². The van der Waals surface area contributed by atoms with Gasteiger partial charge in [-0.1, -0.05) is 60.7 Å². The average Bonchev–Trinajstić information content (AvgIpc) is 3.62. The maximum atomic E-state index is 9.68. The van der Waals surface area contributed by atoms with Gasteiger partial charge in [-0.25, -0.2) is 0 Å². The van der Waals surface area contributed by atoms with Crippen molar-refractivity contribution >= 4 is 53.4 Å². The van der Waals surface area contributed by atoms with E-state index in [1.807, 2.05) is 30.3 Å². The molecule has 0 aliphatic carbocycles. The fraction of sp³-hybridized carbons (Fsp3) is 0. The third kappa shape index (κ3) is 3.86. The first-order chi connectivity index (χ1) is 20.7. The van der Waals surface area contributed by atoms with Crippen LogP contribution in [0, 0.1) is 22.7 Å². The summed E-state index contributed by atoms with van der Waals surface area (Å²) in [7, 11) is 0. The number of fused-ring (bicyclic) bond motifs is 6. The van der Waals surface area contributed by atoms with Gasteiger partial charge < -0.3 is 4.42 Å². The van der Waals surface area contributed by atoms with Gasteiger partial charge in [-0.15, -0.1) is 11.3 Å². The lowest BCUT2D eigenvalue weighted by Gasteiger charge is -2.12. The van der Waals surface area contributed by atoms with Crippen LogP contribution in [-0.4, -0.2) is 0 Å². The lowest BCUT2D eigenvalue weighted by atomic mass is 9.91. The highest BCUT2D eigenvalue weighted by Crippen LogP contribution is 2.41. The molecule has 0 aliphatic rings. The van der Waals surface area contributed by atoms with Gasteiger partial charge in [-0.05, 0) is 88.5 Å². The van der Waals surface area contributed by atoms with Crippen molar-refractivity contribution in [1.82, 2.24) is 0 Å². The SMILES string of the molecule is N#Cc1cc(C#N)cc(-c2cc(-c3ccc4sc5ccccc5c4c3)cc(-c3cccc4c3oc3ccccc34)c2)c1. The predicted molar refractivity (Wildman–Crippen MR) is 172 cm³/mol. The van der Waals surface area contributed by atoms with Crippen molar-refractivity contribution in [1.29, 1.82) is 10.5 Å². The number of nitrogens with zero attached hydrogens (tertiary/aromatic N) is 2. The van der Waals surface area contributed by atoms with Gasteiger partial charge in [0, 0.05) is 36.5 Å². The van der Waals surface area contributed by atoms with Crippen molar-refractivity contribution < 1.29 is 4.42 Å². The van der Waals surface area contributed by atoms with Gasteiger partial charge in [0.15, 0.2) is 0 Å². The van der Waals surface area contributed by atoms with E-state index >= 15 is 0 Å². The van der Waals surface area contributed by atoms with E-state index in [2.05, 4.69) is 97.1 Å². The van der Waals surface area contributed by atoms with Crippen molar-refractivity contribution in [3.63, 3.8) is 0 Å². The molecule has 0 bridgehead atoms. The van der Waals surface area contributed by atoms with Crippen LogP contribution in [0.5, 0.6) is 0 Å². The summed E-state index contributed by atoms with van der Waals surface area (Å²) in [5.41, 5.74) is 8.51. The first kappa shape index (κ1) is 24.1. The molecule has 0 fully saturated rings. The molecule has 0 saturated heterocycles. The Bertz CT molecular complexity index is 2420. The second kappa shape index (κ2) is 9.46. The Hall–Kier alpha value is -5.68. The highest BCUT2D eigenvalue weighted by Gasteiger charge is 2.16. The summed E-state index contributed by atoms with van der Waals surface area (Å²) in [5, 5.41) is 24.0. The lowest BCUT2D eigenvalue weighted by Crippen LogP contribution is -1.89. The molecule has 194 valence electrons. The highest BCUT2D eigenvalue weighted by atomic mass is 32.1. The number of furan rings is 1. The molecule has 0 aliphatic heterocycles. The third-order valence-electron chi connectivity index (χ3n) is 7.88. The zero-order valence-electron chi connectivity index (χ0n) is 22.3. The quantitative estimate of drug-likeness (QED) is 0.219. The Morgan fingerprint density at radius 2 is 1.12 bits per heavy atom. The van der Waals surface area contributed by atoms with Crippen LogP contribution in [0.1, 0.15) is 11.1 Å². The van der Waals surface area contributed by atoms with Gasteiger partial charge in [0.25, 0.3) is 0 Å². The molecule has 0 spiro atoms. The predicted octanol–water partition coefficient (Wildman–Crippen LogP) is 10.7. The summed E-state index contributed by atoms with van der Waals surface area (Å²) in [5.74, 6) is 0. The Morgan fingerprint density at radius 3 is 1.93 bits per heavy atom. The monoisotopic (exact) mass is 552 g/mol. The van der Waals surface area contributed by atoms with E-state index in [1.54, 1.807) is 17.4 Å². The average molecular weight is 553 g/mol. The minimum absolute atomic E-state index is 0.460. The van der Waals surface area contributed by atoms with Crippen LogP contribution >= 0.6 is 11.3 Å². The Morgan fingerprint density at radius 1 is 0.476 bits per heavy atom. The fourth-order valence-electron chi connectivity index (χ4n) is 5.92. The molecule has 8 rings (SSSR count). The number of thiophene rings is 1. The second-order valence-electron chi connectivity index (χ2n) is 10.4. The van der Waals surface area contributed by atoms with E-state index in [-0.39, 0.29) is 0 Å². The molecule has 2 heterocycles. The molecule has 0 saturated carbocycles. The molecule has 0 atom stereocenters. The minimum Gasteiger partial charge on any atom is -0.455 e. The third-order valence-corrected chi connectivity index (χ3v) is 9.03. The molecule has 0 radical (unpaired) electrons. The van der Waals surface area contributed by atoms with Crippen LogP contribution in [0.15, 0.2) is 126 Å². The van der Waals surface area contributed by atoms with E-state index in [0.717, 1.165) is 55.3 Å².